The molecule has 0 spiro atoms. The van der Waals surface area contributed by atoms with Gasteiger partial charge in [-0.15, -0.1) is 0 Å². The van der Waals surface area contributed by atoms with Crippen molar-refractivity contribution in [1.29, 1.82) is 0 Å². The number of para-hydroxylation sites is 1. The summed E-state index contributed by atoms with van der Waals surface area (Å²) >= 11 is 0. The van der Waals surface area contributed by atoms with Gasteiger partial charge in [0.1, 0.15) is 0 Å². The summed E-state index contributed by atoms with van der Waals surface area (Å²) in [7, 11) is 3.71. The van der Waals surface area contributed by atoms with E-state index >= 15 is 0 Å². The Morgan fingerprint density at radius 1 is 1.00 bits per heavy atom. The molecule has 1 amide bonds. The van der Waals surface area contributed by atoms with E-state index in [9.17, 15) is 14.7 Å². The quantitative estimate of drug-likeness (QED) is 0.692. The summed E-state index contributed by atoms with van der Waals surface area (Å²) in [6.07, 6.45) is 0. The summed E-state index contributed by atoms with van der Waals surface area (Å²) in [4.78, 5) is 29.8. The summed E-state index contributed by atoms with van der Waals surface area (Å²) in [5.41, 5.74) is 2.15. The van der Waals surface area contributed by atoms with E-state index in [1.165, 1.54) is 10.3 Å². The van der Waals surface area contributed by atoms with Crippen LogP contribution in [-0.4, -0.2) is 53.7 Å². The molecule has 1 aromatic heterocycles. The number of piperazine rings is 1. The first-order valence-electron chi connectivity index (χ1n) is 10.1. The molecule has 156 valence electrons. The molecular weight excluding hydrogens is 380 g/mol. The second-order valence-corrected chi connectivity index (χ2v) is 7.74. The van der Waals surface area contributed by atoms with E-state index < -0.39 is 17.2 Å². The lowest BCUT2D eigenvalue weighted by molar-refractivity contribution is 0.0949. The number of hydrogen-bond acceptors (Lipinski definition) is 5. The normalized spacial score (nSPS) is 14.8. The van der Waals surface area contributed by atoms with Crippen molar-refractivity contribution >= 4 is 22.5 Å². The Morgan fingerprint density at radius 3 is 2.37 bits per heavy atom. The van der Waals surface area contributed by atoms with Crippen molar-refractivity contribution in [3.8, 4) is 5.75 Å². The van der Waals surface area contributed by atoms with Crippen LogP contribution in [0.3, 0.4) is 0 Å². The smallest absolute Gasteiger partial charge is 0.293 e. The van der Waals surface area contributed by atoms with Crippen molar-refractivity contribution < 1.29 is 9.90 Å². The Labute approximate surface area is 175 Å². The molecule has 0 saturated carbocycles. The number of aryl methyl sites for hydroxylation is 1. The van der Waals surface area contributed by atoms with Crippen molar-refractivity contribution in [3.63, 3.8) is 0 Å². The van der Waals surface area contributed by atoms with Crippen LogP contribution in [0.15, 0.2) is 53.3 Å². The Balaban J connectivity index is 1.50. The van der Waals surface area contributed by atoms with E-state index in [0.717, 1.165) is 31.7 Å². The maximum atomic E-state index is 12.8. The molecule has 7 heteroatoms. The Bertz CT molecular complexity index is 1130. The topological polar surface area (TPSA) is 77.8 Å². The van der Waals surface area contributed by atoms with Crippen LogP contribution < -0.4 is 15.8 Å². The molecule has 1 saturated heterocycles. The predicted molar refractivity (Wildman–Crippen MR) is 118 cm³/mol. The van der Waals surface area contributed by atoms with E-state index in [4.69, 9.17) is 0 Å². The van der Waals surface area contributed by atoms with Crippen LogP contribution in [0.1, 0.15) is 15.9 Å². The highest BCUT2D eigenvalue weighted by Gasteiger charge is 2.20. The zero-order chi connectivity index (χ0) is 21.3. The summed E-state index contributed by atoms with van der Waals surface area (Å²) in [6.45, 7) is 4.41. The maximum Gasteiger partial charge on any atom is 0.293 e. The zero-order valence-electron chi connectivity index (χ0n) is 17.3. The highest BCUT2D eigenvalue weighted by atomic mass is 16.3. The van der Waals surface area contributed by atoms with Crippen LogP contribution in [0.25, 0.3) is 10.9 Å². The molecule has 3 aromatic rings. The fraction of sp³-hybridized carbons (Fsp3) is 0.304. The number of rotatable bonds is 4. The van der Waals surface area contributed by atoms with Crippen molar-refractivity contribution in [2.45, 2.75) is 6.54 Å². The summed E-state index contributed by atoms with van der Waals surface area (Å²) in [6, 6.07) is 15.2. The van der Waals surface area contributed by atoms with Gasteiger partial charge in [-0.05, 0) is 30.8 Å². The largest absolute Gasteiger partial charge is 0.502 e. The molecule has 0 aliphatic carbocycles. The number of nitrogens with zero attached hydrogens (tertiary/aromatic N) is 3. The van der Waals surface area contributed by atoms with Gasteiger partial charge in [-0.2, -0.15) is 0 Å². The number of pyridine rings is 1. The highest BCUT2D eigenvalue weighted by molar-refractivity contribution is 6.08. The van der Waals surface area contributed by atoms with Gasteiger partial charge in [-0.3, -0.25) is 9.59 Å². The second kappa shape index (κ2) is 8.20. The van der Waals surface area contributed by atoms with Gasteiger partial charge in [0, 0.05) is 50.8 Å². The lowest BCUT2D eigenvalue weighted by Gasteiger charge is -2.34. The zero-order valence-corrected chi connectivity index (χ0v) is 17.3. The predicted octanol–water partition coefficient (Wildman–Crippen LogP) is 1.93. The number of nitrogens with one attached hydrogen (secondary N) is 1. The van der Waals surface area contributed by atoms with Crippen molar-refractivity contribution in [1.82, 2.24) is 14.8 Å². The number of fused-ring (bicyclic) bond motifs is 1. The molecule has 2 aromatic carbocycles. The SMILES string of the molecule is CN1CCN(c2ccc(CNC(=O)c3c(O)c(=O)n(C)c4ccccc34)cc2)CC1. The second-order valence-electron chi connectivity index (χ2n) is 7.74. The van der Waals surface area contributed by atoms with Crippen molar-refractivity contribution in [2.75, 3.05) is 38.1 Å². The third-order valence-electron chi connectivity index (χ3n) is 5.76. The maximum absolute atomic E-state index is 12.8. The van der Waals surface area contributed by atoms with Gasteiger partial charge in [-0.25, -0.2) is 0 Å². The lowest BCUT2D eigenvalue weighted by Crippen LogP contribution is -2.44. The third kappa shape index (κ3) is 3.76. The first kappa shape index (κ1) is 20.0. The van der Waals surface area contributed by atoms with Gasteiger partial charge >= 0.3 is 0 Å². The summed E-state index contributed by atoms with van der Waals surface area (Å²) in [5, 5.41) is 13.7. The number of amides is 1. The van der Waals surface area contributed by atoms with E-state index in [1.54, 1.807) is 31.3 Å². The summed E-state index contributed by atoms with van der Waals surface area (Å²) < 4.78 is 1.35. The van der Waals surface area contributed by atoms with E-state index in [2.05, 4.69) is 34.3 Å². The van der Waals surface area contributed by atoms with Crippen LogP contribution in [0.5, 0.6) is 5.75 Å². The first-order chi connectivity index (χ1) is 14.5. The number of benzene rings is 2. The van der Waals surface area contributed by atoms with Crippen LogP contribution in [0, 0.1) is 0 Å². The number of aromatic nitrogens is 1. The fourth-order valence-corrected chi connectivity index (χ4v) is 3.87. The molecule has 1 aliphatic rings. The van der Waals surface area contributed by atoms with Gasteiger partial charge in [0.15, 0.2) is 5.75 Å². The van der Waals surface area contributed by atoms with Crippen molar-refractivity contribution in [3.05, 3.63) is 70.0 Å². The molecule has 2 heterocycles. The average molecular weight is 406 g/mol. The molecule has 0 radical (unpaired) electrons. The number of carbonyl (C=O) groups is 1. The van der Waals surface area contributed by atoms with Gasteiger partial charge in [0.25, 0.3) is 11.5 Å². The minimum atomic E-state index is -0.588. The standard InChI is InChI=1S/C23H26N4O3/c1-25-11-13-27(14-12-25)17-9-7-16(8-10-17)15-24-22(29)20-18-5-3-4-6-19(18)26(2)23(30)21(20)28/h3-10,28H,11-15H2,1-2H3,(H,24,29). The van der Waals surface area contributed by atoms with Gasteiger partial charge in [-0.1, -0.05) is 30.3 Å². The molecule has 1 fully saturated rings. The Hall–Kier alpha value is -3.32. The number of hydrogen-bond donors (Lipinski definition) is 2. The van der Waals surface area contributed by atoms with E-state index in [-0.39, 0.29) is 5.56 Å². The van der Waals surface area contributed by atoms with E-state index in [0.29, 0.717) is 17.4 Å². The molecule has 0 unspecified atom stereocenters. The first-order valence-corrected chi connectivity index (χ1v) is 10.1. The van der Waals surface area contributed by atoms with Gasteiger partial charge < -0.3 is 24.8 Å². The van der Waals surface area contributed by atoms with Crippen molar-refractivity contribution in [2.24, 2.45) is 7.05 Å². The Morgan fingerprint density at radius 2 is 1.67 bits per heavy atom. The highest BCUT2D eigenvalue weighted by Crippen LogP contribution is 2.23. The van der Waals surface area contributed by atoms with Crippen LogP contribution in [-0.2, 0) is 13.6 Å². The number of anilines is 1. The minimum absolute atomic E-state index is 0.0164. The number of carbonyl (C=O) groups excluding carboxylic acids is 1. The lowest BCUT2D eigenvalue weighted by atomic mass is 10.1. The molecule has 2 N–H and O–H groups in total. The molecule has 0 atom stereocenters. The third-order valence-corrected chi connectivity index (χ3v) is 5.76. The Kier molecular flexibility index (Phi) is 5.46. The average Bonchev–Trinajstić information content (AvgIpc) is 2.77. The molecule has 0 bridgehead atoms. The van der Waals surface area contributed by atoms with Gasteiger partial charge in [0.2, 0.25) is 0 Å². The fourth-order valence-electron chi connectivity index (χ4n) is 3.87. The van der Waals surface area contributed by atoms with Crippen LogP contribution in [0.4, 0.5) is 5.69 Å². The van der Waals surface area contributed by atoms with E-state index in [1.807, 2.05) is 12.1 Å². The molecule has 7 nitrogen and oxygen atoms in total. The molecule has 1 aliphatic heterocycles. The summed E-state index contributed by atoms with van der Waals surface area (Å²) in [5.74, 6) is -0.997. The number of aromatic hydroxyl groups is 1. The molecule has 4 rings (SSSR count). The minimum Gasteiger partial charge on any atom is -0.502 e. The van der Waals surface area contributed by atoms with Crippen LogP contribution in [0.2, 0.25) is 0 Å². The monoisotopic (exact) mass is 406 g/mol. The number of likely N-dealkylation sites (N-methyl/N-ethyl adjacent to an activating group) is 1. The van der Waals surface area contributed by atoms with Gasteiger partial charge in [0.05, 0.1) is 11.1 Å². The molecule has 30 heavy (non-hydrogen) atoms. The van der Waals surface area contributed by atoms with Crippen LogP contribution >= 0.6 is 0 Å². The molecular formula is C23H26N4O3.